The maximum atomic E-state index is 11.5. The summed E-state index contributed by atoms with van der Waals surface area (Å²) < 4.78 is 4.74. The molecule has 0 aliphatic carbocycles. The van der Waals surface area contributed by atoms with Gasteiger partial charge in [0.05, 0.1) is 35.3 Å². The van der Waals surface area contributed by atoms with Crippen LogP contribution in [-0.2, 0) is 14.3 Å². The van der Waals surface area contributed by atoms with E-state index >= 15 is 0 Å². The average molecular weight is 416 g/mol. The van der Waals surface area contributed by atoms with E-state index in [9.17, 15) is 19.6 Å². The molecule has 0 unspecified atom stereocenters. The number of carboxylic acid groups (broad SMARTS) is 1. The van der Waals surface area contributed by atoms with Crippen molar-refractivity contribution in [2.24, 2.45) is 0 Å². The van der Waals surface area contributed by atoms with E-state index in [2.05, 4.69) is 26.2 Å². The highest BCUT2D eigenvalue weighted by molar-refractivity contribution is 6.80. The Morgan fingerprint density at radius 2 is 1.30 bits per heavy atom. The second-order valence-corrected chi connectivity index (χ2v) is 19.3. The third kappa shape index (κ3) is 6.72. The Bertz CT molecular complexity index is 550. The highest BCUT2D eigenvalue weighted by Crippen LogP contribution is 2.28. The highest BCUT2D eigenvalue weighted by atomic mass is 28.3. The Labute approximate surface area is 165 Å². The van der Waals surface area contributed by atoms with Gasteiger partial charge in [-0.1, -0.05) is 26.2 Å². The standard InChI is InChI=1S/C8H18BNO3Si.C7H16BNO3Si/c1-9(12)10-6-14(3,4)5-7(10)8(11)13-2;1-8(12)9-5-13(2,3)4-6(9)7(10)11/h7,12H,5-6H2,1-4H3;6,12H,4-5H2,1-3H3,(H,10,11)/t7-;6-/m00/s1. The van der Waals surface area contributed by atoms with Crippen LogP contribution in [0.2, 0.25) is 51.9 Å². The van der Waals surface area contributed by atoms with Crippen molar-refractivity contribution in [2.45, 2.75) is 64.0 Å². The van der Waals surface area contributed by atoms with E-state index in [0.29, 0.717) is 0 Å². The second kappa shape index (κ2) is 9.23. The monoisotopic (exact) mass is 416 g/mol. The number of rotatable bonds is 4. The van der Waals surface area contributed by atoms with Gasteiger partial charge < -0.3 is 29.5 Å². The van der Waals surface area contributed by atoms with Gasteiger partial charge in [-0.05, 0) is 38.1 Å². The summed E-state index contributed by atoms with van der Waals surface area (Å²) in [5.74, 6) is -1.03. The molecule has 2 saturated heterocycles. The number of nitrogens with zero attached hydrogens (tertiary/aromatic N) is 2. The summed E-state index contributed by atoms with van der Waals surface area (Å²) in [6.45, 7) is 12.1. The molecule has 2 fully saturated rings. The lowest BCUT2D eigenvalue weighted by Gasteiger charge is -2.23. The molecule has 8 nitrogen and oxygen atoms in total. The zero-order valence-corrected chi connectivity index (χ0v) is 19.6. The van der Waals surface area contributed by atoms with Crippen LogP contribution >= 0.6 is 0 Å². The predicted molar refractivity (Wildman–Crippen MR) is 113 cm³/mol. The van der Waals surface area contributed by atoms with Crippen molar-refractivity contribution in [1.29, 1.82) is 0 Å². The van der Waals surface area contributed by atoms with Crippen molar-refractivity contribution < 1.29 is 29.5 Å². The first-order valence-electron chi connectivity index (χ1n) is 9.39. The van der Waals surface area contributed by atoms with Crippen LogP contribution < -0.4 is 0 Å². The molecule has 2 rings (SSSR count). The lowest BCUT2D eigenvalue weighted by molar-refractivity contribution is -0.144. The lowest BCUT2D eigenvalue weighted by atomic mass is 9.84. The molecule has 2 aliphatic heterocycles. The number of hydrogen-bond acceptors (Lipinski definition) is 7. The molecule has 0 aromatic carbocycles. The van der Waals surface area contributed by atoms with Crippen LogP contribution in [0.25, 0.3) is 0 Å². The van der Waals surface area contributed by atoms with Gasteiger partial charge in [0.1, 0.15) is 0 Å². The van der Waals surface area contributed by atoms with Crippen molar-refractivity contribution in [3.63, 3.8) is 0 Å². The predicted octanol–water partition coefficient (Wildman–Crippen LogP) is 0.315. The highest BCUT2D eigenvalue weighted by Gasteiger charge is 2.46. The van der Waals surface area contributed by atoms with Crippen LogP contribution in [0.1, 0.15) is 0 Å². The molecule has 0 aromatic heterocycles. The third-order valence-electron chi connectivity index (χ3n) is 5.23. The van der Waals surface area contributed by atoms with E-state index in [4.69, 9.17) is 9.84 Å². The summed E-state index contributed by atoms with van der Waals surface area (Å²) in [5, 5.41) is 27.9. The molecule has 0 aromatic rings. The first kappa shape index (κ1) is 24.4. The molecule has 2 aliphatic rings. The van der Waals surface area contributed by atoms with Gasteiger partial charge in [0.25, 0.3) is 0 Å². The number of aliphatic carboxylic acids is 1. The topological polar surface area (TPSA) is 111 Å². The molecule has 12 heteroatoms. The van der Waals surface area contributed by atoms with E-state index in [0.717, 1.165) is 24.4 Å². The van der Waals surface area contributed by atoms with Gasteiger partial charge in [-0.3, -0.25) is 9.59 Å². The SMILES string of the molecule is CB(O)N1C[Si](C)(C)C[C@H]1C(=O)O.COC(=O)[C@@H]1C[Si](C)(C)CN1B(C)O. The Hall–Kier alpha value is -0.656. The molecule has 154 valence electrons. The summed E-state index contributed by atoms with van der Waals surface area (Å²) in [6, 6.07) is 0.918. The van der Waals surface area contributed by atoms with E-state index in [1.54, 1.807) is 18.5 Å². The van der Waals surface area contributed by atoms with E-state index in [1.165, 1.54) is 7.11 Å². The van der Waals surface area contributed by atoms with Gasteiger partial charge >= 0.3 is 26.0 Å². The quantitative estimate of drug-likeness (QED) is 0.444. The molecule has 2 atom stereocenters. The summed E-state index contributed by atoms with van der Waals surface area (Å²) in [6.07, 6.45) is 1.64. The first-order valence-corrected chi connectivity index (χ1v) is 16.2. The lowest BCUT2D eigenvalue weighted by Crippen LogP contribution is -2.45. The Morgan fingerprint density at radius 3 is 1.59 bits per heavy atom. The Morgan fingerprint density at radius 1 is 0.926 bits per heavy atom. The molecule has 0 bridgehead atoms. The molecule has 3 N–H and O–H groups in total. The number of carboxylic acids is 1. The molecule has 0 spiro atoms. The minimum absolute atomic E-state index is 0.219. The van der Waals surface area contributed by atoms with Crippen molar-refractivity contribution >= 4 is 42.2 Å². The molecule has 27 heavy (non-hydrogen) atoms. The van der Waals surface area contributed by atoms with Crippen LogP contribution in [0.4, 0.5) is 0 Å². The minimum Gasteiger partial charge on any atom is -0.480 e. The van der Waals surface area contributed by atoms with E-state index in [1.807, 2.05) is 4.81 Å². The largest absolute Gasteiger partial charge is 0.480 e. The number of hydrogen-bond donors (Lipinski definition) is 3. The van der Waals surface area contributed by atoms with Gasteiger partial charge in [0.15, 0.2) is 0 Å². The number of carbonyl (C=O) groups is 2. The van der Waals surface area contributed by atoms with Crippen LogP contribution in [0.5, 0.6) is 0 Å². The fraction of sp³-hybridized carbons (Fsp3) is 0.867. The second-order valence-electron chi connectivity index (χ2n) is 9.24. The smallest absolute Gasteiger partial charge is 0.376 e. The summed E-state index contributed by atoms with van der Waals surface area (Å²) in [4.78, 5) is 25.9. The number of methoxy groups -OCH3 is 1. The summed E-state index contributed by atoms with van der Waals surface area (Å²) in [5.41, 5.74) is 0. The molecule has 2 heterocycles. The molecule has 0 amide bonds. The number of ether oxygens (including phenoxy) is 1. The summed E-state index contributed by atoms with van der Waals surface area (Å²) >= 11 is 0. The average Bonchev–Trinajstić information content (AvgIpc) is 3.03. The summed E-state index contributed by atoms with van der Waals surface area (Å²) in [7, 11) is -2.56. The molecular formula is C15H34B2N2O6Si2. The van der Waals surface area contributed by atoms with Crippen LogP contribution in [0.3, 0.4) is 0 Å². The van der Waals surface area contributed by atoms with Gasteiger partial charge in [-0.15, -0.1) is 0 Å². The van der Waals surface area contributed by atoms with Crippen molar-refractivity contribution in [1.82, 2.24) is 9.62 Å². The van der Waals surface area contributed by atoms with Gasteiger partial charge in [-0.2, -0.15) is 0 Å². The molecule has 0 radical (unpaired) electrons. The zero-order chi connectivity index (χ0) is 21.2. The van der Waals surface area contributed by atoms with Crippen LogP contribution in [0.15, 0.2) is 0 Å². The maximum absolute atomic E-state index is 11.5. The van der Waals surface area contributed by atoms with Crippen molar-refractivity contribution in [2.75, 3.05) is 19.4 Å². The van der Waals surface area contributed by atoms with Gasteiger partial charge in [0.2, 0.25) is 0 Å². The van der Waals surface area contributed by atoms with Crippen molar-refractivity contribution in [3.05, 3.63) is 0 Å². The number of esters is 1. The minimum atomic E-state index is -1.41. The maximum Gasteiger partial charge on any atom is 0.376 e. The molecule has 0 saturated carbocycles. The van der Waals surface area contributed by atoms with E-state index in [-0.39, 0.29) is 12.0 Å². The van der Waals surface area contributed by atoms with Crippen LogP contribution in [-0.4, -0.2) is 98.5 Å². The Kier molecular flexibility index (Phi) is 8.33. The van der Waals surface area contributed by atoms with Gasteiger partial charge in [-0.25, -0.2) is 0 Å². The fourth-order valence-electron chi connectivity index (χ4n) is 3.99. The zero-order valence-electron chi connectivity index (χ0n) is 17.6. The normalized spacial score (nSPS) is 26.9. The van der Waals surface area contributed by atoms with E-state index < -0.39 is 42.3 Å². The first-order chi connectivity index (χ1) is 12.2. The Balaban J connectivity index is 0.000000271. The van der Waals surface area contributed by atoms with Crippen LogP contribution in [0, 0.1) is 0 Å². The van der Waals surface area contributed by atoms with Crippen molar-refractivity contribution in [3.8, 4) is 0 Å². The number of carbonyl (C=O) groups excluding carboxylic acids is 1. The fourth-order valence-corrected chi connectivity index (χ4v) is 10.1. The third-order valence-corrected chi connectivity index (χ3v) is 10.7. The van der Waals surface area contributed by atoms with Gasteiger partial charge in [0, 0.05) is 0 Å². The molecular weight excluding hydrogens is 382 g/mol.